The number of aryl methyl sites for hydroxylation is 3. The van der Waals surface area contributed by atoms with E-state index in [1.807, 2.05) is 18.7 Å². The van der Waals surface area contributed by atoms with Crippen molar-refractivity contribution in [2.24, 2.45) is 0 Å². The molecular weight excluding hydrogens is 282 g/mol. The summed E-state index contributed by atoms with van der Waals surface area (Å²) in [5.74, 6) is 0. The van der Waals surface area contributed by atoms with Crippen molar-refractivity contribution in [3.05, 3.63) is 51.8 Å². The summed E-state index contributed by atoms with van der Waals surface area (Å²) in [5, 5.41) is 8.72. The molecule has 0 saturated carbocycles. The second-order valence-electron chi connectivity index (χ2n) is 5.48. The number of halogens is 1. The molecule has 0 aliphatic carbocycles. The van der Waals surface area contributed by atoms with Crippen molar-refractivity contribution in [3.63, 3.8) is 0 Å². The van der Waals surface area contributed by atoms with E-state index in [9.17, 15) is 0 Å². The molecule has 0 fully saturated rings. The molecule has 3 nitrogen and oxygen atoms in total. The summed E-state index contributed by atoms with van der Waals surface area (Å²) in [4.78, 5) is 0. The van der Waals surface area contributed by atoms with Gasteiger partial charge in [0.2, 0.25) is 0 Å². The largest absolute Gasteiger partial charge is 0.316 e. The second-order valence-corrected chi connectivity index (χ2v) is 5.86. The quantitative estimate of drug-likeness (QED) is 0.884. The van der Waals surface area contributed by atoms with E-state index in [1.54, 1.807) is 0 Å². The topological polar surface area (TPSA) is 29.9 Å². The van der Waals surface area contributed by atoms with E-state index >= 15 is 0 Å². The third-order valence-corrected chi connectivity index (χ3v) is 4.52. The summed E-state index contributed by atoms with van der Waals surface area (Å²) in [6, 6.07) is 8.89. The number of aromatic nitrogens is 2. The van der Waals surface area contributed by atoms with Crippen LogP contribution in [0, 0.1) is 13.8 Å². The van der Waals surface area contributed by atoms with E-state index < -0.39 is 0 Å². The molecule has 0 bridgehead atoms. The zero-order chi connectivity index (χ0) is 15.4. The van der Waals surface area contributed by atoms with Crippen LogP contribution in [0.3, 0.4) is 0 Å². The van der Waals surface area contributed by atoms with Crippen LogP contribution in [0.15, 0.2) is 24.3 Å². The van der Waals surface area contributed by atoms with Gasteiger partial charge in [0.1, 0.15) is 0 Å². The van der Waals surface area contributed by atoms with Crippen LogP contribution in [0.25, 0.3) is 0 Å². The van der Waals surface area contributed by atoms with Gasteiger partial charge in [-0.05, 0) is 45.4 Å². The summed E-state index contributed by atoms with van der Waals surface area (Å²) in [6.45, 7) is 7.08. The van der Waals surface area contributed by atoms with Crippen molar-refractivity contribution in [2.45, 2.75) is 46.2 Å². The van der Waals surface area contributed by atoms with Crippen molar-refractivity contribution in [1.29, 1.82) is 0 Å². The van der Waals surface area contributed by atoms with Crippen molar-refractivity contribution in [3.8, 4) is 0 Å². The Hall–Kier alpha value is -1.32. The van der Waals surface area contributed by atoms with Crippen LogP contribution in [0.5, 0.6) is 0 Å². The molecule has 0 saturated heterocycles. The Kier molecular flexibility index (Phi) is 5.43. The predicted octanol–water partition coefficient (Wildman–Crippen LogP) is 3.55. The molecule has 1 atom stereocenters. The van der Waals surface area contributed by atoms with E-state index in [0.29, 0.717) is 6.04 Å². The van der Waals surface area contributed by atoms with Crippen LogP contribution in [0.2, 0.25) is 5.02 Å². The van der Waals surface area contributed by atoms with E-state index in [0.717, 1.165) is 35.8 Å². The average Bonchev–Trinajstić information content (AvgIpc) is 2.76. The van der Waals surface area contributed by atoms with Crippen LogP contribution in [0.4, 0.5) is 0 Å². The fourth-order valence-corrected chi connectivity index (χ4v) is 2.89. The van der Waals surface area contributed by atoms with Crippen LogP contribution in [0.1, 0.15) is 29.4 Å². The summed E-state index contributed by atoms with van der Waals surface area (Å²) in [6.07, 6.45) is 1.88. The molecule has 0 aliphatic rings. The SMILES string of the molecule is CCn1nc(C)c(Cl)c1CC(Cc1ccccc1C)NC. The van der Waals surface area contributed by atoms with Gasteiger partial charge in [-0.3, -0.25) is 4.68 Å². The molecule has 21 heavy (non-hydrogen) atoms. The first-order valence-corrected chi connectivity index (χ1v) is 7.88. The Bertz CT molecular complexity index is 604. The predicted molar refractivity (Wildman–Crippen MR) is 89.1 cm³/mol. The molecular formula is C17H24ClN3. The Labute approximate surface area is 132 Å². The number of hydrogen-bond donors (Lipinski definition) is 1. The highest BCUT2D eigenvalue weighted by Crippen LogP contribution is 2.22. The lowest BCUT2D eigenvalue weighted by molar-refractivity contribution is 0.519. The zero-order valence-corrected chi connectivity index (χ0v) is 14.0. The number of nitrogens with one attached hydrogen (secondary N) is 1. The van der Waals surface area contributed by atoms with E-state index in [-0.39, 0.29) is 0 Å². The molecule has 2 rings (SSSR count). The highest BCUT2D eigenvalue weighted by molar-refractivity contribution is 6.31. The summed E-state index contributed by atoms with van der Waals surface area (Å²) in [5.41, 5.74) is 4.76. The van der Waals surface area contributed by atoms with Gasteiger partial charge in [-0.1, -0.05) is 35.9 Å². The molecule has 4 heteroatoms. The van der Waals surface area contributed by atoms with Crippen molar-refractivity contribution >= 4 is 11.6 Å². The van der Waals surface area contributed by atoms with E-state index in [1.165, 1.54) is 11.1 Å². The first kappa shape index (κ1) is 16.1. The second kappa shape index (κ2) is 7.10. The molecule has 0 aliphatic heterocycles. The number of benzene rings is 1. The minimum atomic E-state index is 0.352. The number of rotatable bonds is 6. The van der Waals surface area contributed by atoms with E-state index in [4.69, 9.17) is 11.6 Å². The first-order valence-electron chi connectivity index (χ1n) is 7.50. The Morgan fingerprint density at radius 3 is 2.57 bits per heavy atom. The number of hydrogen-bond acceptors (Lipinski definition) is 2. The third-order valence-electron chi connectivity index (χ3n) is 4.03. The van der Waals surface area contributed by atoms with Gasteiger partial charge in [-0.15, -0.1) is 0 Å². The standard InChI is InChI=1S/C17H24ClN3/c1-5-21-16(17(18)13(3)20-21)11-15(19-4)10-14-9-7-6-8-12(14)2/h6-9,15,19H,5,10-11H2,1-4H3. The third kappa shape index (κ3) is 3.66. The smallest absolute Gasteiger partial charge is 0.0847 e. The van der Waals surface area contributed by atoms with Gasteiger partial charge >= 0.3 is 0 Å². The lowest BCUT2D eigenvalue weighted by Gasteiger charge is -2.18. The minimum absolute atomic E-state index is 0.352. The minimum Gasteiger partial charge on any atom is -0.316 e. The van der Waals surface area contributed by atoms with Gasteiger partial charge in [0.25, 0.3) is 0 Å². The van der Waals surface area contributed by atoms with Gasteiger partial charge in [0.05, 0.1) is 16.4 Å². The van der Waals surface area contributed by atoms with E-state index in [2.05, 4.69) is 48.5 Å². The van der Waals surface area contributed by atoms with Crippen LogP contribution in [-0.4, -0.2) is 22.9 Å². The molecule has 1 N–H and O–H groups in total. The average molecular weight is 306 g/mol. The lowest BCUT2D eigenvalue weighted by atomic mass is 9.98. The van der Waals surface area contributed by atoms with Crippen LogP contribution < -0.4 is 5.32 Å². The van der Waals surface area contributed by atoms with Crippen LogP contribution >= 0.6 is 11.6 Å². The Balaban J connectivity index is 2.18. The van der Waals surface area contributed by atoms with Gasteiger partial charge < -0.3 is 5.32 Å². The van der Waals surface area contributed by atoms with Gasteiger partial charge in [0, 0.05) is 19.0 Å². The van der Waals surface area contributed by atoms with Crippen molar-refractivity contribution < 1.29 is 0 Å². The normalized spacial score (nSPS) is 12.6. The highest BCUT2D eigenvalue weighted by atomic mass is 35.5. The Morgan fingerprint density at radius 2 is 1.95 bits per heavy atom. The maximum absolute atomic E-state index is 6.42. The molecule has 1 heterocycles. The lowest BCUT2D eigenvalue weighted by Crippen LogP contribution is -2.31. The number of likely N-dealkylation sites (N-methyl/N-ethyl adjacent to an activating group) is 1. The van der Waals surface area contributed by atoms with Gasteiger partial charge in [-0.25, -0.2) is 0 Å². The molecule has 1 aromatic carbocycles. The van der Waals surface area contributed by atoms with Crippen molar-refractivity contribution in [2.75, 3.05) is 7.05 Å². The van der Waals surface area contributed by atoms with Crippen molar-refractivity contribution in [1.82, 2.24) is 15.1 Å². The molecule has 1 unspecified atom stereocenters. The van der Waals surface area contributed by atoms with Gasteiger partial charge in [-0.2, -0.15) is 5.10 Å². The van der Waals surface area contributed by atoms with Crippen LogP contribution in [-0.2, 0) is 19.4 Å². The Morgan fingerprint density at radius 1 is 1.24 bits per heavy atom. The van der Waals surface area contributed by atoms with Gasteiger partial charge in [0.15, 0.2) is 0 Å². The molecule has 1 aromatic heterocycles. The summed E-state index contributed by atoms with van der Waals surface area (Å²) < 4.78 is 2.01. The maximum atomic E-state index is 6.42. The molecule has 0 radical (unpaired) electrons. The fourth-order valence-electron chi connectivity index (χ4n) is 2.68. The molecule has 0 spiro atoms. The zero-order valence-electron chi connectivity index (χ0n) is 13.3. The number of nitrogens with zero attached hydrogens (tertiary/aromatic N) is 2. The maximum Gasteiger partial charge on any atom is 0.0847 e. The molecule has 2 aromatic rings. The molecule has 0 amide bonds. The highest BCUT2D eigenvalue weighted by Gasteiger charge is 2.17. The summed E-state index contributed by atoms with van der Waals surface area (Å²) in [7, 11) is 2.01. The summed E-state index contributed by atoms with van der Waals surface area (Å²) >= 11 is 6.42. The molecule has 114 valence electrons. The monoisotopic (exact) mass is 305 g/mol. The fraction of sp³-hybridized carbons (Fsp3) is 0.471. The first-order chi connectivity index (χ1) is 10.1.